The average molecular weight is 251 g/mol. The molecule has 0 unspecified atom stereocenters. The number of nitriles is 2. The minimum atomic E-state index is -0.578. The van der Waals surface area contributed by atoms with Gasteiger partial charge in [-0.3, -0.25) is 15.1 Å². The Bertz CT molecular complexity index is 747. The van der Waals surface area contributed by atoms with Crippen LogP contribution in [0, 0.1) is 29.7 Å². The van der Waals surface area contributed by atoms with E-state index in [1.165, 1.54) is 0 Å². The van der Waals surface area contributed by atoms with Gasteiger partial charge in [0.15, 0.2) is 6.19 Å². The summed E-state index contributed by atoms with van der Waals surface area (Å²) >= 11 is 0. The molecule has 0 aliphatic carbocycles. The Morgan fingerprint density at radius 1 is 1.26 bits per heavy atom. The first-order chi connectivity index (χ1) is 9.15. The number of aromatic amines is 1. The number of nitrogens with one attached hydrogen (secondary N) is 2. The Balaban J connectivity index is 2.67. The minimum Gasteiger partial charge on any atom is -0.291 e. The van der Waals surface area contributed by atoms with Crippen LogP contribution in [-0.4, -0.2) is 9.97 Å². The van der Waals surface area contributed by atoms with E-state index in [9.17, 15) is 4.79 Å². The van der Waals surface area contributed by atoms with Crippen molar-refractivity contribution in [3.05, 3.63) is 45.7 Å². The molecule has 0 aliphatic rings. The molecule has 0 atom stereocenters. The van der Waals surface area contributed by atoms with E-state index in [0.29, 0.717) is 5.56 Å². The first-order valence-corrected chi connectivity index (χ1v) is 5.42. The van der Waals surface area contributed by atoms with Gasteiger partial charge >= 0.3 is 0 Å². The molecule has 1 aromatic carbocycles. The largest absolute Gasteiger partial charge is 0.291 e. The van der Waals surface area contributed by atoms with E-state index in [1.54, 1.807) is 18.3 Å². The van der Waals surface area contributed by atoms with Crippen LogP contribution in [-0.2, 0) is 0 Å². The maximum Gasteiger partial charge on any atom is 0.270 e. The van der Waals surface area contributed by atoms with Gasteiger partial charge in [0.05, 0.1) is 5.69 Å². The highest BCUT2D eigenvalue weighted by molar-refractivity contribution is 5.67. The molecule has 2 N–H and O–H groups in total. The molecule has 0 radical (unpaired) electrons. The molecule has 6 nitrogen and oxygen atoms in total. The SMILES string of the molecule is Cc1ccc(-c2nc(NC#N)[nH]c(=O)c2C#N)cc1. The van der Waals surface area contributed by atoms with Crippen LogP contribution in [0.5, 0.6) is 0 Å². The van der Waals surface area contributed by atoms with Crippen molar-refractivity contribution < 1.29 is 0 Å². The lowest BCUT2D eigenvalue weighted by molar-refractivity contribution is 1.11. The maximum atomic E-state index is 11.7. The smallest absolute Gasteiger partial charge is 0.270 e. The van der Waals surface area contributed by atoms with E-state index in [0.717, 1.165) is 5.56 Å². The summed E-state index contributed by atoms with van der Waals surface area (Å²) < 4.78 is 0. The van der Waals surface area contributed by atoms with Crippen molar-refractivity contribution in [3.8, 4) is 23.5 Å². The topological polar surface area (TPSA) is 105 Å². The Labute approximate surface area is 109 Å². The second kappa shape index (κ2) is 5.03. The molecular formula is C13H9N5O. The second-order valence-electron chi connectivity index (χ2n) is 3.85. The molecule has 0 saturated heterocycles. The highest BCUT2D eigenvalue weighted by atomic mass is 16.1. The summed E-state index contributed by atoms with van der Waals surface area (Å²) in [5, 5.41) is 19.8. The second-order valence-corrected chi connectivity index (χ2v) is 3.85. The highest BCUT2D eigenvalue weighted by Crippen LogP contribution is 2.20. The fourth-order valence-electron chi connectivity index (χ4n) is 1.61. The summed E-state index contributed by atoms with van der Waals surface area (Å²) in [6.45, 7) is 1.93. The molecule has 6 heteroatoms. The summed E-state index contributed by atoms with van der Waals surface area (Å²) in [6, 6.07) is 9.09. The third-order valence-electron chi connectivity index (χ3n) is 2.53. The molecule has 92 valence electrons. The molecule has 2 rings (SSSR count). The van der Waals surface area contributed by atoms with Crippen molar-refractivity contribution in [3.63, 3.8) is 0 Å². The van der Waals surface area contributed by atoms with Crippen LogP contribution in [0.25, 0.3) is 11.3 Å². The zero-order valence-corrected chi connectivity index (χ0v) is 10.1. The molecule has 2 aromatic rings. The van der Waals surface area contributed by atoms with Gasteiger partial charge in [-0.15, -0.1) is 0 Å². The van der Waals surface area contributed by atoms with E-state index in [4.69, 9.17) is 10.5 Å². The van der Waals surface area contributed by atoms with Crippen LogP contribution in [0.4, 0.5) is 5.95 Å². The fraction of sp³-hybridized carbons (Fsp3) is 0.0769. The lowest BCUT2D eigenvalue weighted by Crippen LogP contribution is -2.16. The number of rotatable bonds is 2. The number of H-pyrrole nitrogens is 1. The van der Waals surface area contributed by atoms with Gasteiger partial charge in [0.1, 0.15) is 11.6 Å². The molecule has 0 spiro atoms. The number of hydrogen-bond donors (Lipinski definition) is 2. The van der Waals surface area contributed by atoms with Crippen molar-refractivity contribution in [2.75, 3.05) is 5.32 Å². The number of aromatic nitrogens is 2. The van der Waals surface area contributed by atoms with Crippen molar-refractivity contribution in [2.45, 2.75) is 6.92 Å². The molecule has 1 aromatic heterocycles. The van der Waals surface area contributed by atoms with Gasteiger partial charge < -0.3 is 0 Å². The minimum absolute atomic E-state index is 0.0158. The zero-order chi connectivity index (χ0) is 13.8. The normalized spacial score (nSPS) is 9.42. The summed E-state index contributed by atoms with van der Waals surface area (Å²) in [4.78, 5) is 18.1. The zero-order valence-electron chi connectivity index (χ0n) is 10.1. The summed E-state index contributed by atoms with van der Waals surface area (Å²) in [7, 11) is 0. The van der Waals surface area contributed by atoms with Crippen molar-refractivity contribution in [1.82, 2.24) is 9.97 Å². The average Bonchev–Trinajstić information content (AvgIpc) is 2.39. The first kappa shape index (κ1) is 12.3. The lowest BCUT2D eigenvalue weighted by atomic mass is 10.1. The third kappa shape index (κ3) is 2.43. The van der Waals surface area contributed by atoms with Gasteiger partial charge in [0, 0.05) is 5.56 Å². The van der Waals surface area contributed by atoms with Gasteiger partial charge in [0.25, 0.3) is 5.56 Å². The van der Waals surface area contributed by atoms with E-state index < -0.39 is 5.56 Å². The van der Waals surface area contributed by atoms with Gasteiger partial charge in [0.2, 0.25) is 5.95 Å². The predicted molar refractivity (Wildman–Crippen MR) is 69.0 cm³/mol. The standard InChI is InChI=1S/C13H9N5O/c1-8-2-4-9(5-3-8)11-10(6-14)12(19)18-13(17-11)16-7-15/h2-5H,1H3,(H2,16,17,18,19). The lowest BCUT2D eigenvalue weighted by Gasteiger charge is -2.05. The molecule has 19 heavy (non-hydrogen) atoms. The number of benzene rings is 1. The van der Waals surface area contributed by atoms with Crippen LogP contribution >= 0.6 is 0 Å². The molecule has 0 aliphatic heterocycles. The molecule has 1 heterocycles. The first-order valence-electron chi connectivity index (χ1n) is 5.42. The van der Waals surface area contributed by atoms with Crippen molar-refractivity contribution in [2.24, 2.45) is 0 Å². The highest BCUT2D eigenvalue weighted by Gasteiger charge is 2.12. The van der Waals surface area contributed by atoms with Crippen LogP contribution in [0.15, 0.2) is 29.1 Å². The van der Waals surface area contributed by atoms with Gasteiger partial charge in [-0.05, 0) is 6.92 Å². The van der Waals surface area contributed by atoms with E-state index in [1.807, 2.05) is 25.1 Å². The third-order valence-corrected chi connectivity index (χ3v) is 2.53. The number of hydrogen-bond acceptors (Lipinski definition) is 5. The van der Waals surface area contributed by atoms with Crippen molar-refractivity contribution in [1.29, 1.82) is 10.5 Å². The van der Waals surface area contributed by atoms with E-state index >= 15 is 0 Å². The van der Waals surface area contributed by atoms with E-state index in [-0.39, 0.29) is 17.2 Å². The Kier molecular flexibility index (Phi) is 3.26. The Morgan fingerprint density at radius 2 is 1.95 bits per heavy atom. The van der Waals surface area contributed by atoms with Crippen molar-refractivity contribution >= 4 is 5.95 Å². The predicted octanol–water partition coefficient (Wildman–Crippen LogP) is 1.51. The number of anilines is 1. The molecule has 0 amide bonds. The van der Waals surface area contributed by atoms with Crippen LogP contribution in [0.3, 0.4) is 0 Å². The monoisotopic (exact) mass is 251 g/mol. The Morgan fingerprint density at radius 3 is 2.53 bits per heavy atom. The summed E-state index contributed by atoms with van der Waals surface area (Å²) in [6.07, 6.45) is 1.67. The van der Waals surface area contributed by atoms with Crippen LogP contribution < -0.4 is 10.9 Å². The van der Waals surface area contributed by atoms with Gasteiger partial charge in [-0.2, -0.15) is 10.5 Å². The number of aryl methyl sites for hydroxylation is 1. The van der Waals surface area contributed by atoms with Crippen LogP contribution in [0.2, 0.25) is 0 Å². The Hall–Kier alpha value is -3.12. The molecule has 0 bridgehead atoms. The van der Waals surface area contributed by atoms with Crippen LogP contribution in [0.1, 0.15) is 11.1 Å². The number of nitrogens with zero attached hydrogens (tertiary/aromatic N) is 3. The molecule has 0 fully saturated rings. The molecule has 0 saturated carbocycles. The maximum absolute atomic E-state index is 11.7. The summed E-state index contributed by atoms with van der Waals surface area (Å²) in [5.74, 6) is 0.0158. The van der Waals surface area contributed by atoms with E-state index in [2.05, 4.69) is 15.3 Å². The van der Waals surface area contributed by atoms with Gasteiger partial charge in [-0.1, -0.05) is 29.8 Å². The summed E-state index contributed by atoms with van der Waals surface area (Å²) in [5.41, 5.74) is 1.30. The fourth-order valence-corrected chi connectivity index (χ4v) is 1.61. The molecular weight excluding hydrogens is 242 g/mol. The quantitative estimate of drug-likeness (QED) is 0.621. The van der Waals surface area contributed by atoms with Gasteiger partial charge in [-0.25, -0.2) is 4.98 Å².